The van der Waals surface area contributed by atoms with E-state index in [0.29, 0.717) is 18.9 Å². The van der Waals surface area contributed by atoms with Crippen molar-refractivity contribution in [3.63, 3.8) is 0 Å². The van der Waals surface area contributed by atoms with Crippen LogP contribution in [0, 0.1) is 5.92 Å². The van der Waals surface area contributed by atoms with Crippen molar-refractivity contribution >= 4 is 11.8 Å². The van der Waals surface area contributed by atoms with Gasteiger partial charge in [0.25, 0.3) is 0 Å². The fourth-order valence-electron chi connectivity index (χ4n) is 3.23. The van der Waals surface area contributed by atoms with Gasteiger partial charge in [0.1, 0.15) is 6.04 Å². The van der Waals surface area contributed by atoms with Crippen LogP contribution in [0.25, 0.3) is 0 Å². The van der Waals surface area contributed by atoms with Crippen molar-refractivity contribution in [2.75, 3.05) is 13.2 Å². The van der Waals surface area contributed by atoms with Crippen molar-refractivity contribution in [1.82, 2.24) is 10.2 Å². The lowest BCUT2D eigenvalue weighted by molar-refractivity contribution is -0.137. The van der Waals surface area contributed by atoms with Crippen LogP contribution in [0.5, 0.6) is 0 Å². The Bertz CT molecular complexity index is 363. The van der Waals surface area contributed by atoms with Gasteiger partial charge in [-0.2, -0.15) is 0 Å². The van der Waals surface area contributed by atoms with Crippen molar-refractivity contribution in [3.8, 4) is 0 Å². The summed E-state index contributed by atoms with van der Waals surface area (Å²) in [7, 11) is 0. The van der Waals surface area contributed by atoms with Crippen LogP contribution in [0.3, 0.4) is 0 Å². The zero-order valence-corrected chi connectivity index (χ0v) is 13.0. The van der Waals surface area contributed by atoms with Gasteiger partial charge in [-0.15, -0.1) is 0 Å². The molecular weight excluding hydrogens is 268 g/mol. The van der Waals surface area contributed by atoms with E-state index in [0.717, 1.165) is 25.7 Å². The van der Waals surface area contributed by atoms with Crippen LogP contribution in [0.4, 0.5) is 0 Å². The molecule has 5 heteroatoms. The Balaban J connectivity index is 1.77. The number of aliphatic hydroxyl groups is 1. The largest absolute Gasteiger partial charge is 0.395 e. The molecule has 120 valence electrons. The van der Waals surface area contributed by atoms with E-state index in [-0.39, 0.29) is 24.5 Å². The van der Waals surface area contributed by atoms with E-state index in [1.54, 1.807) is 11.8 Å². The normalized spacial score (nSPS) is 20.9. The lowest BCUT2D eigenvalue weighted by Gasteiger charge is -2.26. The summed E-state index contributed by atoms with van der Waals surface area (Å²) in [6, 6.07) is -0.226. The maximum absolute atomic E-state index is 12.3. The monoisotopic (exact) mass is 296 g/mol. The third kappa shape index (κ3) is 4.99. The maximum Gasteiger partial charge on any atom is 0.245 e. The number of rotatable bonds is 7. The van der Waals surface area contributed by atoms with Gasteiger partial charge in [0.2, 0.25) is 11.8 Å². The average molecular weight is 296 g/mol. The number of hydrogen-bond donors (Lipinski definition) is 2. The zero-order chi connectivity index (χ0) is 15.2. The standard InChI is InChI=1S/C16H28N2O3/c1-12(16(21)18(9-10-19)14-7-8-14)17-15(20)11-13-5-3-2-4-6-13/h12-14,19H,2-11H2,1H3,(H,17,20). The second-order valence-electron chi connectivity index (χ2n) is 6.48. The molecule has 2 rings (SSSR count). The first-order chi connectivity index (χ1) is 10.1. The predicted octanol–water partition coefficient (Wildman–Crippen LogP) is 1.44. The van der Waals surface area contributed by atoms with Gasteiger partial charge in [-0.3, -0.25) is 9.59 Å². The minimum absolute atomic E-state index is 0.0116. The van der Waals surface area contributed by atoms with Crippen LogP contribution in [-0.4, -0.2) is 47.1 Å². The quantitative estimate of drug-likeness (QED) is 0.747. The van der Waals surface area contributed by atoms with Crippen LogP contribution in [-0.2, 0) is 9.59 Å². The minimum Gasteiger partial charge on any atom is -0.395 e. The van der Waals surface area contributed by atoms with Crippen LogP contribution in [0.2, 0.25) is 0 Å². The van der Waals surface area contributed by atoms with Crippen molar-refractivity contribution < 1.29 is 14.7 Å². The molecule has 0 saturated heterocycles. The van der Waals surface area contributed by atoms with Crippen LogP contribution >= 0.6 is 0 Å². The molecule has 2 aliphatic rings. The number of carbonyl (C=O) groups excluding carboxylic acids is 2. The molecule has 0 aromatic heterocycles. The first kappa shape index (κ1) is 16.3. The van der Waals surface area contributed by atoms with E-state index in [2.05, 4.69) is 5.32 Å². The van der Waals surface area contributed by atoms with E-state index in [1.165, 1.54) is 19.3 Å². The smallest absolute Gasteiger partial charge is 0.245 e. The molecule has 2 amide bonds. The lowest BCUT2D eigenvalue weighted by Crippen LogP contribution is -2.48. The summed E-state index contributed by atoms with van der Waals surface area (Å²) in [4.78, 5) is 26.1. The molecule has 2 saturated carbocycles. The molecule has 21 heavy (non-hydrogen) atoms. The topological polar surface area (TPSA) is 69.6 Å². The number of nitrogens with one attached hydrogen (secondary N) is 1. The second-order valence-corrected chi connectivity index (χ2v) is 6.48. The molecule has 2 N–H and O–H groups in total. The number of nitrogens with zero attached hydrogens (tertiary/aromatic N) is 1. The molecule has 5 nitrogen and oxygen atoms in total. The van der Waals surface area contributed by atoms with Gasteiger partial charge in [-0.05, 0) is 38.5 Å². The van der Waals surface area contributed by atoms with Crippen molar-refractivity contribution in [2.24, 2.45) is 5.92 Å². The Kier molecular flexibility index (Phi) is 6.03. The average Bonchev–Trinajstić information content (AvgIpc) is 3.29. The van der Waals surface area contributed by atoms with Crippen molar-refractivity contribution in [1.29, 1.82) is 0 Å². The summed E-state index contributed by atoms with van der Waals surface area (Å²) in [6.07, 6.45) is 8.55. The third-order valence-corrected chi connectivity index (χ3v) is 4.56. The van der Waals surface area contributed by atoms with Crippen LogP contribution in [0.1, 0.15) is 58.3 Å². The molecule has 0 heterocycles. The maximum atomic E-state index is 12.3. The highest BCUT2D eigenvalue weighted by molar-refractivity contribution is 5.87. The zero-order valence-electron chi connectivity index (χ0n) is 13.0. The summed E-state index contributed by atoms with van der Waals surface area (Å²) in [5.41, 5.74) is 0. The lowest BCUT2D eigenvalue weighted by atomic mass is 9.87. The molecular formula is C16H28N2O3. The molecule has 0 bridgehead atoms. The van der Waals surface area contributed by atoms with Crippen molar-refractivity contribution in [2.45, 2.75) is 70.4 Å². The molecule has 0 radical (unpaired) electrons. The molecule has 2 fully saturated rings. The Morgan fingerprint density at radius 3 is 2.43 bits per heavy atom. The fourth-order valence-corrected chi connectivity index (χ4v) is 3.23. The van der Waals surface area contributed by atoms with Crippen molar-refractivity contribution in [3.05, 3.63) is 0 Å². The van der Waals surface area contributed by atoms with Gasteiger partial charge >= 0.3 is 0 Å². The summed E-state index contributed by atoms with van der Waals surface area (Å²) in [5.74, 6) is 0.407. The number of aliphatic hydroxyl groups excluding tert-OH is 1. The number of amides is 2. The van der Waals surface area contributed by atoms with Gasteiger partial charge in [0.15, 0.2) is 0 Å². The van der Waals surface area contributed by atoms with E-state index in [9.17, 15) is 9.59 Å². The van der Waals surface area contributed by atoms with Crippen LogP contribution < -0.4 is 5.32 Å². The molecule has 1 unspecified atom stereocenters. The SMILES string of the molecule is CC(NC(=O)CC1CCCCC1)C(=O)N(CCO)C1CC1. The van der Waals surface area contributed by atoms with Crippen LogP contribution in [0.15, 0.2) is 0 Å². The highest BCUT2D eigenvalue weighted by atomic mass is 16.3. The van der Waals surface area contributed by atoms with E-state index in [4.69, 9.17) is 5.11 Å². The summed E-state index contributed by atoms with van der Waals surface area (Å²) in [5, 5.41) is 11.9. The fraction of sp³-hybridized carbons (Fsp3) is 0.875. The van der Waals surface area contributed by atoms with E-state index < -0.39 is 6.04 Å². The first-order valence-electron chi connectivity index (χ1n) is 8.32. The van der Waals surface area contributed by atoms with E-state index in [1.807, 2.05) is 0 Å². The summed E-state index contributed by atoms with van der Waals surface area (Å²) < 4.78 is 0. The second kappa shape index (κ2) is 7.78. The first-order valence-corrected chi connectivity index (χ1v) is 8.32. The Labute approximate surface area is 127 Å². The van der Waals surface area contributed by atoms with Gasteiger partial charge in [-0.25, -0.2) is 0 Å². The molecule has 0 aromatic carbocycles. The molecule has 0 spiro atoms. The molecule has 2 aliphatic carbocycles. The molecule has 1 atom stereocenters. The van der Waals surface area contributed by atoms with Gasteiger partial charge in [-0.1, -0.05) is 19.3 Å². The minimum atomic E-state index is -0.492. The Morgan fingerprint density at radius 1 is 1.19 bits per heavy atom. The highest BCUT2D eigenvalue weighted by Gasteiger charge is 2.34. The molecule has 0 aromatic rings. The van der Waals surface area contributed by atoms with Gasteiger partial charge in [0, 0.05) is 19.0 Å². The predicted molar refractivity (Wildman–Crippen MR) is 80.6 cm³/mol. The summed E-state index contributed by atoms with van der Waals surface area (Å²) >= 11 is 0. The Morgan fingerprint density at radius 2 is 1.86 bits per heavy atom. The number of carbonyl (C=O) groups is 2. The molecule has 0 aliphatic heterocycles. The van der Waals surface area contributed by atoms with Gasteiger partial charge in [0.05, 0.1) is 6.61 Å². The number of hydrogen-bond acceptors (Lipinski definition) is 3. The summed E-state index contributed by atoms with van der Waals surface area (Å²) in [6.45, 7) is 2.09. The van der Waals surface area contributed by atoms with Gasteiger partial charge < -0.3 is 15.3 Å². The van der Waals surface area contributed by atoms with E-state index >= 15 is 0 Å². The Hall–Kier alpha value is -1.10. The third-order valence-electron chi connectivity index (χ3n) is 4.56. The highest BCUT2D eigenvalue weighted by Crippen LogP contribution is 2.27.